The first-order valence-corrected chi connectivity index (χ1v) is 7.20. The van der Waals surface area contributed by atoms with Gasteiger partial charge in [0.1, 0.15) is 6.33 Å². The van der Waals surface area contributed by atoms with Crippen molar-refractivity contribution in [3.63, 3.8) is 0 Å². The summed E-state index contributed by atoms with van der Waals surface area (Å²) in [5.41, 5.74) is 2.21. The molecule has 2 aromatic heterocycles. The van der Waals surface area contributed by atoms with Gasteiger partial charge in [-0.15, -0.1) is 0 Å². The molecular weight excluding hydrogens is 252 g/mol. The van der Waals surface area contributed by atoms with Crippen molar-refractivity contribution >= 4 is 0 Å². The zero-order valence-corrected chi connectivity index (χ0v) is 12.8. The molecule has 110 valence electrons. The molecule has 1 N–H and O–H groups in total. The van der Waals surface area contributed by atoms with E-state index in [9.17, 15) is 0 Å². The van der Waals surface area contributed by atoms with Crippen LogP contribution in [0, 0.1) is 12.8 Å². The van der Waals surface area contributed by atoms with Crippen molar-refractivity contribution in [2.75, 3.05) is 6.54 Å². The van der Waals surface area contributed by atoms with E-state index in [4.69, 9.17) is 0 Å². The Morgan fingerprint density at radius 1 is 1.30 bits per heavy atom. The summed E-state index contributed by atoms with van der Waals surface area (Å²) >= 11 is 0. The summed E-state index contributed by atoms with van der Waals surface area (Å²) in [4.78, 5) is 4.33. The lowest BCUT2D eigenvalue weighted by molar-refractivity contribution is 0.536. The number of aromatic nitrogens is 5. The molecule has 0 aliphatic heterocycles. The zero-order chi connectivity index (χ0) is 14.5. The molecule has 0 aliphatic rings. The van der Waals surface area contributed by atoms with Crippen LogP contribution in [0.15, 0.2) is 12.4 Å². The maximum Gasteiger partial charge on any atom is 0.164 e. The fraction of sp³-hybridized carbons (Fsp3) is 0.643. The summed E-state index contributed by atoms with van der Waals surface area (Å²) in [5, 5.41) is 12.3. The summed E-state index contributed by atoms with van der Waals surface area (Å²) in [6.07, 6.45) is 1.79. The van der Waals surface area contributed by atoms with Gasteiger partial charge in [0.2, 0.25) is 0 Å². The van der Waals surface area contributed by atoms with E-state index in [0.29, 0.717) is 12.5 Å². The first-order chi connectivity index (χ1) is 9.58. The minimum atomic E-state index is 0.638. The Bertz CT molecular complexity index is 540. The number of hydrogen-bond donors (Lipinski definition) is 1. The fourth-order valence-electron chi connectivity index (χ4n) is 2.13. The lowest BCUT2D eigenvalue weighted by Gasteiger charge is -2.05. The number of nitrogens with one attached hydrogen (secondary N) is 1. The first kappa shape index (κ1) is 14.7. The van der Waals surface area contributed by atoms with Gasteiger partial charge in [-0.3, -0.25) is 4.68 Å². The third-order valence-electron chi connectivity index (χ3n) is 3.03. The van der Waals surface area contributed by atoms with Crippen LogP contribution in [0.25, 0.3) is 0 Å². The topological polar surface area (TPSA) is 60.6 Å². The van der Waals surface area contributed by atoms with E-state index in [1.54, 1.807) is 6.33 Å². The van der Waals surface area contributed by atoms with E-state index in [0.717, 1.165) is 36.8 Å². The predicted octanol–water partition coefficient (Wildman–Crippen LogP) is 1.60. The van der Waals surface area contributed by atoms with E-state index < -0.39 is 0 Å². The molecule has 0 bridgehead atoms. The SMILES string of the molecule is CCn1nc(C)cc1Cn1cnc(CNCC(C)C)n1. The Hall–Kier alpha value is -1.69. The van der Waals surface area contributed by atoms with Gasteiger partial charge >= 0.3 is 0 Å². The van der Waals surface area contributed by atoms with Crippen molar-refractivity contribution in [3.8, 4) is 0 Å². The molecule has 0 radical (unpaired) electrons. The third-order valence-corrected chi connectivity index (χ3v) is 3.03. The highest BCUT2D eigenvalue weighted by molar-refractivity contribution is 5.09. The lowest BCUT2D eigenvalue weighted by Crippen LogP contribution is -2.20. The maximum atomic E-state index is 4.49. The largest absolute Gasteiger partial charge is 0.310 e. The summed E-state index contributed by atoms with van der Waals surface area (Å²) in [6.45, 7) is 11.8. The van der Waals surface area contributed by atoms with Crippen LogP contribution in [0.2, 0.25) is 0 Å². The second kappa shape index (κ2) is 6.65. The van der Waals surface area contributed by atoms with Crippen LogP contribution in [0.4, 0.5) is 0 Å². The number of aryl methyl sites for hydroxylation is 2. The molecule has 6 nitrogen and oxygen atoms in total. The summed E-state index contributed by atoms with van der Waals surface area (Å²) in [7, 11) is 0. The Kier molecular flexibility index (Phi) is 4.89. The normalized spacial score (nSPS) is 11.4. The van der Waals surface area contributed by atoms with Gasteiger partial charge in [0.25, 0.3) is 0 Å². The molecule has 2 rings (SSSR count). The van der Waals surface area contributed by atoms with Gasteiger partial charge < -0.3 is 5.32 Å². The average Bonchev–Trinajstić information content (AvgIpc) is 2.96. The van der Waals surface area contributed by atoms with E-state index in [-0.39, 0.29) is 0 Å². The highest BCUT2D eigenvalue weighted by atomic mass is 15.4. The number of hydrogen-bond acceptors (Lipinski definition) is 4. The summed E-state index contributed by atoms with van der Waals surface area (Å²) in [5.74, 6) is 1.48. The fourth-order valence-corrected chi connectivity index (χ4v) is 2.13. The van der Waals surface area contributed by atoms with Gasteiger partial charge in [-0.05, 0) is 32.4 Å². The number of nitrogens with zero attached hydrogens (tertiary/aromatic N) is 5. The molecule has 0 saturated heterocycles. The molecule has 0 unspecified atom stereocenters. The van der Waals surface area contributed by atoms with Crippen LogP contribution in [0.5, 0.6) is 0 Å². The molecular formula is C14H24N6. The van der Waals surface area contributed by atoms with Gasteiger partial charge in [-0.25, -0.2) is 9.67 Å². The van der Waals surface area contributed by atoms with Crippen LogP contribution in [-0.4, -0.2) is 31.1 Å². The molecule has 0 aromatic carbocycles. The Labute approximate surface area is 120 Å². The second-order valence-electron chi connectivity index (χ2n) is 5.48. The lowest BCUT2D eigenvalue weighted by atomic mass is 10.2. The second-order valence-corrected chi connectivity index (χ2v) is 5.48. The Morgan fingerprint density at radius 2 is 2.10 bits per heavy atom. The summed E-state index contributed by atoms with van der Waals surface area (Å²) < 4.78 is 3.88. The molecule has 2 aromatic rings. The minimum absolute atomic E-state index is 0.638. The van der Waals surface area contributed by atoms with Crippen LogP contribution >= 0.6 is 0 Å². The van der Waals surface area contributed by atoms with Crippen molar-refractivity contribution in [2.45, 2.75) is 47.3 Å². The molecule has 20 heavy (non-hydrogen) atoms. The van der Waals surface area contributed by atoms with Crippen LogP contribution in [0.1, 0.15) is 38.0 Å². The Balaban J connectivity index is 1.95. The molecule has 0 amide bonds. The van der Waals surface area contributed by atoms with E-state index >= 15 is 0 Å². The third kappa shape index (κ3) is 3.90. The molecule has 0 aliphatic carbocycles. The molecule has 0 fully saturated rings. The smallest absolute Gasteiger partial charge is 0.164 e. The summed E-state index contributed by atoms with van der Waals surface area (Å²) in [6, 6.07) is 2.10. The quantitative estimate of drug-likeness (QED) is 0.834. The van der Waals surface area contributed by atoms with E-state index in [1.807, 2.05) is 16.3 Å². The monoisotopic (exact) mass is 276 g/mol. The Morgan fingerprint density at radius 3 is 2.80 bits per heavy atom. The van der Waals surface area contributed by atoms with Gasteiger partial charge in [0.05, 0.1) is 24.5 Å². The van der Waals surface area contributed by atoms with E-state index in [2.05, 4.69) is 47.3 Å². The highest BCUT2D eigenvalue weighted by Crippen LogP contribution is 2.05. The standard InChI is InChI=1S/C14H24N6/c1-5-20-13(6-12(4)17-20)9-19-10-16-14(18-19)8-15-7-11(2)3/h6,10-11,15H,5,7-9H2,1-4H3. The van der Waals surface area contributed by atoms with Gasteiger partial charge in [-0.2, -0.15) is 10.2 Å². The molecule has 6 heteroatoms. The average molecular weight is 276 g/mol. The molecule has 0 spiro atoms. The van der Waals surface area contributed by atoms with Crippen molar-refractivity contribution in [2.24, 2.45) is 5.92 Å². The van der Waals surface area contributed by atoms with Crippen LogP contribution < -0.4 is 5.32 Å². The first-order valence-electron chi connectivity index (χ1n) is 7.20. The van der Waals surface area contributed by atoms with Crippen molar-refractivity contribution < 1.29 is 0 Å². The van der Waals surface area contributed by atoms with Gasteiger partial charge in [0.15, 0.2) is 5.82 Å². The van der Waals surface area contributed by atoms with Crippen molar-refractivity contribution in [3.05, 3.63) is 29.6 Å². The van der Waals surface area contributed by atoms with Crippen LogP contribution in [-0.2, 0) is 19.6 Å². The van der Waals surface area contributed by atoms with E-state index in [1.165, 1.54) is 0 Å². The van der Waals surface area contributed by atoms with Gasteiger partial charge in [0, 0.05) is 6.54 Å². The maximum absolute atomic E-state index is 4.49. The van der Waals surface area contributed by atoms with Crippen molar-refractivity contribution in [1.82, 2.24) is 29.9 Å². The predicted molar refractivity (Wildman–Crippen MR) is 78.3 cm³/mol. The van der Waals surface area contributed by atoms with Gasteiger partial charge in [-0.1, -0.05) is 13.8 Å². The minimum Gasteiger partial charge on any atom is -0.310 e. The molecule has 0 saturated carbocycles. The van der Waals surface area contributed by atoms with Crippen LogP contribution in [0.3, 0.4) is 0 Å². The number of rotatable bonds is 7. The van der Waals surface area contributed by atoms with Crippen molar-refractivity contribution in [1.29, 1.82) is 0 Å². The molecule has 0 atom stereocenters. The highest BCUT2D eigenvalue weighted by Gasteiger charge is 2.07. The zero-order valence-electron chi connectivity index (χ0n) is 12.8. The molecule has 2 heterocycles.